The Balaban J connectivity index is 2.52. The first kappa shape index (κ1) is 13.6. The second-order valence-electron chi connectivity index (χ2n) is 3.97. The molecular weight excluding hydrogens is 220 g/mol. The van der Waals surface area contributed by atoms with Gasteiger partial charge in [0.25, 0.3) is 0 Å². The molecule has 1 heterocycles. The molecule has 1 aromatic rings. The molecule has 0 saturated carbocycles. The molecule has 0 spiro atoms. The summed E-state index contributed by atoms with van der Waals surface area (Å²) in [6.07, 6.45) is 4.12. The SMILES string of the molecule is CCc1cnc(C(C)NC(CC)COC)s1. The van der Waals surface area contributed by atoms with Gasteiger partial charge in [0.05, 0.1) is 12.6 Å². The molecule has 1 rings (SSSR count). The minimum Gasteiger partial charge on any atom is -0.383 e. The second-order valence-corrected chi connectivity index (χ2v) is 5.11. The van der Waals surface area contributed by atoms with E-state index in [1.807, 2.05) is 6.20 Å². The van der Waals surface area contributed by atoms with Crippen LogP contribution in [0, 0.1) is 0 Å². The lowest BCUT2D eigenvalue weighted by Crippen LogP contribution is -2.34. The molecule has 0 amide bonds. The molecule has 0 aromatic carbocycles. The quantitative estimate of drug-likeness (QED) is 0.798. The summed E-state index contributed by atoms with van der Waals surface area (Å²) >= 11 is 1.80. The van der Waals surface area contributed by atoms with Gasteiger partial charge in [0.1, 0.15) is 5.01 Å². The van der Waals surface area contributed by atoms with Crippen LogP contribution in [0.25, 0.3) is 0 Å². The number of thiazole rings is 1. The van der Waals surface area contributed by atoms with E-state index in [1.165, 1.54) is 9.88 Å². The zero-order valence-electron chi connectivity index (χ0n) is 10.6. The number of nitrogens with zero attached hydrogens (tertiary/aromatic N) is 1. The summed E-state index contributed by atoms with van der Waals surface area (Å²) in [6.45, 7) is 7.25. The fourth-order valence-corrected chi connectivity index (χ4v) is 2.46. The van der Waals surface area contributed by atoms with Crippen molar-refractivity contribution in [1.82, 2.24) is 10.3 Å². The van der Waals surface area contributed by atoms with E-state index < -0.39 is 0 Å². The summed E-state index contributed by atoms with van der Waals surface area (Å²) in [6, 6.07) is 0.722. The fourth-order valence-electron chi connectivity index (χ4n) is 1.60. The molecule has 92 valence electrons. The van der Waals surface area contributed by atoms with Gasteiger partial charge in [-0.1, -0.05) is 13.8 Å². The van der Waals surface area contributed by atoms with Crippen molar-refractivity contribution in [2.24, 2.45) is 0 Å². The third-order valence-electron chi connectivity index (χ3n) is 2.64. The van der Waals surface area contributed by atoms with E-state index in [2.05, 4.69) is 31.1 Å². The number of aromatic nitrogens is 1. The van der Waals surface area contributed by atoms with Crippen LogP contribution in [0.1, 0.15) is 43.1 Å². The zero-order chi connectivity index (χ0) is 12.0. The zero-order valence-corrected chi connectivity index (χ0v) is 11.4. The lowest BCUT2D eigenvalue weighted by Gasteiger charge is -2.20. The van der Waals surface area contributed by atoms with E-state index in [4.69, 9.17) is 4.74 Å². The fraction of sp³-hybridized carbons (Fsp3) is 0.750. The summed E-state index contributed by atoms with van der Waals surface area (Å²) in [7, 11) is 1.74. The van der Waals surface area contributed by atoms with Gasteiger partial charge in [-0.05, 0) is 19.8 Å². The van der Waals surface area contributed by atoms with Crippen molar-refractivity contribution in [3.05, 3.63) is 16.1 Å². The number of nitrogens with one attached hydrogen (secondary N) is 1. The minimum atomic E-state index is 0.311. The number of aryl methyl sites for hydroxylation is 1. The van der Waals surface area contributed by atoms with E-state index in [9.17, 15) is 0 Å². The van der Waals surface area contributed by atoms with Crippen LogP contribution in [0.3, 0.4) is 0 Å². The molecule has 0 aliphatic carbocycles. The third kappa shape index (κ3) is 3.85. The molecule has 1 aromatic heterocycles. The van der Waals surface area contributed by atoms with Crippen molar-refractivity contribution in [1.29, 1.82) is 0 Å². The molecule has 0 radical (unpaired) electrons. The van der Waals surface area contributed by atoms with E-state index in [0.717, 1.165) is 19.4 Å². The standard InChI is InChI=1S/C12H22N2OS/c1-5-10(8-15-4)14-9(3)12-13-7-11(6-2)16-12/h7,9-10,14H,5-6,8H2,1-4H3. The Kier molecular flexibility index (Phi) is 5.95. The average molecular weight is 242 g/mol. The molecule has 1 N–H and O–H groups in total. The first-order valence-corrected chi connectivity index (χ1v) is 6.72. The highest BCUT2D eigenvalue weighted by Crippen LogP contribution is 2.20. The summed E-state index contributed by atoms with van der Waals surface area (Å²) in [5.74, 6) is 0. The van der Waals surface area contributed by atoms with E-state index in [-0.39, 0.29) is 0 Å². The van der Waals surface area contributed by atoms with Crippen molar-refractivity contribution in [3.8, 4) is 0 Å². The maximum atomic E-state index is 5.18. The van der Waals surface area contributed by atoms with Crippen LogP contribution in [-0.4, -0.2) is 24.7 Å². The Morgan fingerprint density at radius 3 is 2.75 bits per heavy atom. The average Bonchev–Trinajstić information content (AvgIpc) is 2.76. The highest BCUT2D eigenvalue weighted by molar-refractivity contribution is 7.11. The normalized spacial score (nSPS) is 15.0. The summed E-state index contributed by atoms with van der Waals surface area (Å²) in [5, 5.41) is 4.72. The smallest absolute Gasteiger partial charge is 0.109 e. The number of ether oxygens (including phenoxy) is 1. The van der Waals surface area contributed by atoms with E-state index >= 15 is 0 Å². The maximum Gasteiger partial charge on any atom is 0.109 e. The van der Waals surface area contributed by atoms with Crippen molar-refractivity contribution < 1.29 is 4.74 Å². The van der Waals surface area contributed by atoms with Gasteiger partial charge >= 0.3 is 0 Å². The van der Waals surface area contributed by atoms with Gasteiger partial charge in [-0.2, -0.15) is 0 Å². The molecule has 0 fully saturated rings. The molecule has 0 aliphatic rings. The van der Waals surface area contributed by atoms with Gasteiger partial charge in [-0.25, -0.2) is 4.98 Å². The molecule has 2 unspecified atom stereocenters. The topological polar surface area (TPSA) is 34.2 Å². The Hall–Kier alpha value is -0.450. The maximum absolute atomic E-state index is 5.18. The number of methoxy groups -OCH3 is 1. The Morgan fingerprint density at radius 1 is 1.50 bits per heavy atom. The summed E-state index contributed by atoms with van der Waals surface area (Å²) < 4.78 is 5.18. The van der Waals surface area contributed by atoms with Gasteiger partial charge in [0.2, 0.25) is 0 Å². The summed E-state index contributed by atoms with van der Waals surface area (Å²) in [4.78, 5) is 5.80. The lowest BCUT2D eigenvalue weighted by molar-refractivity contribution is 0.159. The van der Waals surface area contributed by atoms with Crippen molar-refractivity contribution in [2.75, 3.05) is 13.7 Å². The van der Waals surface area contributed by atoms with Crippen LogP contribution >= 0.6 is 11.3 Å². The predicted molar refractivity (Wildman–Crippen MR) is 69.0 cm³/mol. The molecule has 3 nitrogen and oxygen atoms in total. The Morgan fingerprint density at radius 2 is 2.25 bits per heavy atom. The Labute approximate surface area is 102 Å². The third-order valence-corrected chi connectivity index (χ3v) is 3.96. The molecule has 0 bridgehead atoms. The van der Waals surface area contributed by atoms with Crippen LogP contribution in [0.4, 0.5) is 0 Å². The largest absolute Gasteiger partial charge is 0.383 e. The van der Waals surface area contributed by atoms with Gasteiger partial charge in [-0.15, -0.1) is 11.3 Å². The first-order chi connectivity index (χ1) is 7.71. The summed E-state index contributed by atoms with van der Waals surface area (Å²) in [5.41, 5.74) is 0. The number of hydrogen-bond acceptors (Lipinski definition) is 4. The highest BCUT2D eigenvalue weighted by Gasteiger charge is 2.14. The Bertz CT molecular complexity index is 301. The molecule has 2 atom stereocenters. The van der Waals surface area contributed by atoms with Crippen molar-refractivity contribution >= 4 is 11.3 Å². The van der Waals surface area contributed by atoms with E-state index in [1.54, 1.807) is 18.4 Å². The molecular formula is C12H22N2OS. The van der Waals surface area contributed by atoms with Crippen LogP contribution in [0.5, 0.6) is 0 Å². The van der Waals surface area contributed by atoms with Gasteiger partial charge in [0, 0.05) is 24.2 Å². The van der Waals surface area contributed by atoms with Crippen molar-refractivity contribution in [2.45, 2.75) is 45.7 Å². The number of rotatable bonds is 7. The van der Waals surface area contributed by atoms with Crippen LogP contribution in [0.2, 0.25) is 0 Å². The van der Waals surface area contributed by atoms with E-state index in [0.29, 0.717) is 12.1 Å². The highest BCUT2D eigenvalue weighted by atomic mass is 32.1. The van der Waals surface area contributed by atoms with Crippen LogP contribution < -0.4 is 5.32 Å². The molecule has 0 aliphatic heterocycles. The van der Waals surface area contributed by atoms with Crippen LogP contribution in [-0.2, 0) is 11.2 Å². The lowest BCUT2D eigenvalue weighted by atomic mass is 10.2. The molecule has 4 heteroatoms. The van der Waals surface area contributed by atoms with Crippen LogP contribution in [0.15, 0.2) is 6.20 Å². The van der Waals surface area contributed by atoms with Gasteiger partial charge in [0.15, 0.2) is 0 Å². The van der Waals surface area contributed by atoms with Crippen molar-refractivity contribution in [3.63, 3.8) is 0 Å². The predicted octanol–water partition coefficient (Wildman–Crippen LogP) is 2.78. The van der Waals surface area contributed by atoms with Gasteiger partial charge in [-0.3, -0.25) is 0 Å². The minimum absolute atomic E-state index is 0.311. The molecule has 0 saturated heterocycles. The monoisotopic (exact) mass is 242 g/mol. The second kappa shape index (κ2) is 6.99. The number of hydrogen-bond donors (Lipinski definition) is 1. The first-order valence-electron chi connectivity index (χ1n) is 5.90. The van der Waals surface area contributed by atoms with Gasteiger partial charge < -0.3 is 10.1 Å². The molecule has 16 heavy (non-hydrogen) atoms.